The summed E-state index contributed by atoms with van der Waals surface area (Å²) in [6.07, 6.45) is 10.4. The molecule has 2 heteroatoms. The van der Waals surface area contributed by atoms with Crippen LogP contribution in [0.4, 0.5) is 0 Å². The number of hydrogen-bond donors (Lipinski definition) is 0. The maximum absolute atomic E-state index is 10.1. The van der Waals surface area contributed by atoms with Crippen LogP contribution in [0.1, 0.15) is 52.9 Å². The van der Waals surface area contributed by atoms with Gasteiger partial charge in [0.05, 0.1) is 12.2 Å². The van der Waals surface area contributed by atoms with E-state index in [2.05, 4.69) is 20.8 Å². The van der Waals surface area contributed by atoms with Gasteiger partial charge in [0, 0.05) is 0 Å². The highest BCUT2D eigenvalue weighted by molar-refractivity contribution is 5.64. The molecule has 0 spiro atoms. The third kappa shape index (κ3) is 9.67. The predicted octanol–water partition coefficient (Wildman–Crippen LogP) is 3.51. The molecule has 0 aromatic heterocycles. The third-order valence-corrected chi connectivity index (χ3v) is 2.21. The zero-order valence-electron chi connectivity index (χ0n) is 10.2. The molecule has 0 radical (unpaired) electrons. The van der Waals surface area contributed by atoms with Gasteiger partial charge in [-0.25, -0.2) is 0 Å². The summed E-state index contributed by atoms with van der Waals surface area (Å²) < 4.78 is 5.78. The van der Waals surface area contributed by atoms with Gasteiger partial charge in [0.1, 0.15) is 6.29 Å². The van der Waals surface area contributed by atoms with Crippen molar-refractivity contribution in [2.45, 2.75) is 65.1 Å². The average Bonchev–Trinajstić information content (AvgIpc) is 2.17. The van der Waals surface area contributed by atoms with Gasteiger partial charge in [0.15, 0.2) is 0 Å². The van der Waals surface area contributed by atoms with E-state index < -0.39 is 0 Å². The molecule has 0 aromatic carbocycles. The summed E-state index contributed by atoms with van der Waals surface area (Å²) in [7, 11) is 0. The van der Waals surface area contributed by atoms with Crippen LogP contribution in [0, 0.1) is 0 Å². The summed E-state index contributed by atoms with van der Waals surface area (Å²) in [5.74, 6) is 0. The molecule has 88 valence electrons. The molecule has 0 rings (SSSR count). The SMILES string of the molecule is CCCCCC(CC=CC=O)OC(C)C. The molecular formula is C13H24O2. The fourth-order valence-corrected chi connectivity index (χ4v) is 1.53. The highest BCUT2D eigenvalue weighted by Crippen LogP contribution is 2.12. The Morgan fingerprint density at radius 2 is 2.00 bits per heavy atom. The van der Waals surface area contributed by atoms with Crippen LogP contribution in [-0.4, -0.2) is 18.5 Å². The molecule has 0 heterocycles. The highest BCUT2D eigenvalue weighted by atomic mass is 16.5. The summed E-state index contributed by atoms with van der Waals surface area (Å²) in [4.78, 5) is 10.1. The summed E-state index contributed by atoms with van der Waals surface area (Å²) in [5.41, 5.74) is 0. The minimum Gasteiger partial charge on any atom is -0.375 e. The molecule has 0 aliphatic heterocycles. The van der Waals surface area contributed by atoms with E-state index in [4.69, 9.17) is 4.74 Å². The Balaban J connectivity index is 3.83. The van der Waals surface area contributed by atoms with Crippen LogP contribution in [0.2, 0.25) is 0 Å². The minimum atomic E-state index is 0.265. The van der Waals surface area contributed by atoms with Crippen molar-refractivity contribution < 1.29 is 9.53 Å². The maximum Gasteiger partial charge on any atom is 0.142 e. The molecule has 0 fully saturated rings. The van der Waals surface area contributed by atoms with E-state index >= 15 is 0 Å². The molecule has 1 atom stereocenters. The van der Waals surface area contributed by atoms with Crippen LogP contribution in [0.15, 0.2) is 12.2 Å². The van der Waals surface area contributed by atoms with Crippen molar-refractivity contribution in [3.63, 3.8) is 0 Å². The molecule has 0 N–H and O–H groups in total. The Labute approximate surface area is 93.7 Å². The van der Waals surface area contributed by atoms with Gasteiger partial charge in [-0.15, -0.1) is 0 Å². The molecule has 15 heavy (non-hydrogen) atoms. The first-order valence-electron chi connectivity index (χ1n) is 5.96. The largest absolute Gasteiger partial charge is 0.375 e. The fraction of sp³-hybridized carbons (Fsp3) is 0.769. The number of carbonyl (C=O) groups is 1. The number of unbranched alkanes of at least 4 members (excludes halogenated alkanes) is 2. The standard InChI is InChI=1S/C13H24O2/c1-4-5-6-9-13(15-12(2)3)10-7-8-11-14/h7-8,11-13H,4-6,9-10H2,1-3H3. The Kier molecular flexibility index (Phi) is 9.49. The van der Waals surface area contributed by atoms with Gasteiger partial charge >= 0.3 is 0 Å². The normalized spacial score (nSPS) is 13.6. The second-order valence-electron chi connectivity index (χ2n) is 4.10. The molecular weight excluding hydrogens is 188 g/mol. The Bertz CT molecular complexity index is 173. The quantitative estimate of drug-likeness (QED) is 0.332. The third-order valence-electron chi connectivity index (χ3n) is 2.21. The number of rotatable bonds is 9. The minimum absolute atomic E-state index is 0.265. The van der Waals surface area contributed by atoms with E-state index in [9.17, 15) is 4.79 Å². The van der Waals surface area contributed by atoms with Crippen LogP contribution in [-0.2, 0) is 9.53 Å². The number of ether oxygens (including phenoxy) is 1. The molecule has 0 saturated carbocycles. The average molecular weight is 212 g/mol. The summed E-state index contributed by atoms with van der Waals surface area (Å²) in [5, 5.41) is 0. The lowest BCUT2D eigenvalue weighted by molar-refractivity contribution is -0.104. The van der Waals surface area contributed by atoms with Gasteiger partial charge in [0.2, 0.25) is 0 Å². The molecule has 2 nitrogen and oxygen atoms in total. The molecule has 0 bridgehead atoms. The van der Waals surface area contributed by atoms with Gasteiger partial charge in [-0.1, -0.05) is 32.3 Å². The zero-order valence-corrected chi connectivity index (χ0v) is 10.2. The van der Waals surface area contributed by atoms with Crippen molar-refractivity contribution in [1.29, 1.82) is 0 Å². The Morgan fingerprint density at radius 3 is 2.53 bits per heavy atom. The first kappa shape index (κ1) is 14.4. The topological polar surface area (TPSA) is 26.3 Å². The van der Waals surface area contributed by atoms with E-state index in [1.807, 2.05) is 6.08 Å². The van der Waals surface area contributed by atoms with Crippen molar-refractivity contribution in [3.05, 3.63) is 12.2 Å². The van der Waals surface area contributed by atoms with Crippen molar-refractivity contribution in [2.24, 2.45) is 0 Å². The lowest BCUT2D eigenvalue weighted by Crippen LogP contribution is -2.17. The molecule has 0 aliphatic rings. The van der Waals surface area contributed by atoms with Gasteiger partial charge in [0.25, 0.3) is 0 Å². The van der Waals surface area contributed by atoms with E-state index in [-0.39, 0.29) is 12.2 Å². The second kappa shape index (κ2) is 9.91. The summed E-state index contributed by atoms with van der Waals surface area (Å²) in [6.45, 7) is 6.30. The van der Waals surface area contributed by atoms with E-state index in [0.717, 1.165) is 19.1 Å². The first-order chi connectivity index (χ1) is 7.20. The fourth-order valence-electron chi connectivity index (χ4n) is 1.53. The van der Waals surface area contributed by atoms with Gasteiger partial charge in [-0.2, -0.15) is 0 Å². The maximum atomic E-state index is 10.1. The predicted molar refractivity (Wildman–Crippen MR) is 64.0 cm³/mol. The molecule has 0 saturated heterocycles. The van der Waals surface area contributed by atoms with Crippen LogP contribution in [0.5, 0.6) is 0 Å². The monoisotopic (exact) mass is 212 g/mol. The van der Waals surface area contributed by atoms with Crippen LogP contribution in [0.3, 0.4) is 0 Å². The van der Waals surface area contributed by atoms with Crippen LogP contribution >= 0.6 is 0 Å². The first-order valence-corrected chi connectivity index (χ1v) is 5.96. The van der Waals surface area contributed by atoms with E-state index in [1.165, 1.54) is 19.3 Å². The number of allylic oxidation sites excluding steroid dienone is 1. The molecule has 0 aliphatic carbocycles. The lowest BCUT2D eigenvalue weighted by atomic mass is 10.1. The van der Waals surface area contributed by atoms with Gasteiger partial charge < -0.3 is 4.74 Å². The van der Waals surface area contributed by atoms with E-state index in [1.54, 1.807) is 6.08 Å². The number of carbonyl (C=O) groups excluding carboxylic acids is 1. The summed E-state index contributed by atoms with van der Waals surface area (Å²) >= 11 is 0. The highest BCUT2D eigenvalue weighted by Gasteiger charge is 2.08. The van der Waals surface area contributed by atoms with Crippen molar-refractivity contribution in [1.82, 2.24) is 0 Å². The van der Waals surface area contributed by atoms with Crippen molar-refractivity contribution in [2.75, 3.05) is 0 Å². The Hall–Kier alpha value is -0.630. The van der Waals surface area contributed by atoms with Crippen LogP contribution < -0.4 is 0 Å². The van der Waals surface area contributed by atoms with Crippen LogP contribution in [0.25, 0.3) is 0 Å². The number of aldehydes is 1. The van der Waals surface area contributed by atoms with Gasteiger partial charge in [-0.3, -0.25) is 4.79 Å². The van der Waals surface area contributed by atoms with Gasteiger partial charge in [-0.05, 0) is 32.8 Å². The molecule has 0 aromatic rings. The Morgan fingerprint density at radius 1 is 1.27 bits per heavy atom. The van der Waals surface area contributed by atoms with Crippen molar-refractivity contribution >= 4 is 6.29 Å². The molecule has 1 unspecified atom stereocenters. The van der Waals surface area contributed by atoms with E-state index in [0.29, 0.717) is 0 Å². The zero-order chi connectivity index (χ0) is 11.5. The summed E-state index contributed by atoms with van der Waals surface area (Å²) in [6, 6.07) is 0. The number of hydrogen-bond acceptors (Lipinski definition) is 2. The molecule has 0 amide bonds. The second-order valence-corrected chi connectivity index (χ2v) is 4.10. The lowest BCUT2D eigenvalue weighted by Gasteiger charge is -2.18. The van der Waals surface area contributed by atoms with Crippen molar-refractivity contribution in [3.8, 4) is 0 Å². The smallest absolute Gasteiger partial charge is 0.142 e.